The van der Waals surface area contributed by atoms with Crippen molar-refractivity contribution < 1.29 is 9.53 Å². The number of amides is 1. The molecular formula is C17H17BrN2O2S. The number of rotatable bonds is 4. The SMILES string of the molecule is CCOc1ccc(Br)cc1C(=O)NC(=S)Nc1ccc(C)cc1. The third kappa shape index (κ3) is 5.04. The lowest BCUT2D eigenvalue weighted by molar-refractivity contribution is 0.0974. The van der Waals surface area contributed by atoms with E-state index in [2.05, 4.69) is 26.6 Å². The Labute approximate surface area is 149 Å². The standard InChI is InChI=1S/C17H17BrN2O2S/c1-3-22-15-9-6-12(18)10-14(15)16(21)20-17(23)19-13-7-4-11(2)5-8-13/h4-10H,3H2,1-2H3,(H2,19,20,21,23). The first kappa shape index (κ1) is 17.4. The molecule has 0 aliphatic rings. The zero-order chi connectivity index (χ0) is 16.8. The van der Waals surface area contributed by atoms with Crippen molar-refractivity contribution in [1.82, 2.24) is 5.32 Å². The number of thiocarbonyl (C=S) groups is 1. The Morgan fingerprint density at radius 3 is 2.57 bits per heavy atom. The van der Waals surface area contributed by atoms with Crippen molar-refractivity contribution in [2.24, 2.45) is 0 Å². The number of hydrogen-bond acceptors (Lipinski definition) is 3. The summed E-state index contributed by atoms with van der Waals surface area (Å²) in [6.45, 7) is 4.35. The molecule has 6 heteroatoms. The van der Waals surface area contributed by atoms with Crippen LogP contribution in [0.5, 0.6) is 5.75 Å². The summed E-state index contributed by atoms with van der Waals surface area (Å²) in [5.74, 6) is 0.200. The van der Waals surface area contributed by atoms with Crippen LogP contribution in [0.15, 0.2) is 46.9 Å². The van der Waals surface area contributed by atoms with Gasteiger partial charge in [-0.1, -0.05) is 33.6 Å². The fraction of sp³-hybridized carbons (Fsp3) is 0.176. The van der Waals surface area contributed by atoms with Crippen LogP contribution in [0.3, 0.4) is 0 Å². The summed E-state index contributed by atoms with van der Waals surface area (Å²) in [5, 5.41) is 5.89. The maximum atomic E-state index is 12.4. The lowest BCUT2D eigenvalue weighted by Gasteiger charge is -2.13. The van der Waals surface area contributed by atoms with Crippen molar-refractivity contribution in [2.75, 3.05) is 11.9 Å². The molecule has 1 amide bonds. The van der Waals surface area contributed by atoms with Crippen molar-refractivity contribution in [3.05, 3.63) is 58.1 Å². The van der Waals surface area contributed by atoms with Crippen molar-refractivity contribution in [2.45, 2.75) is 13.8 Å². The normalized spacial score (nSPS) is 10.0. The molecule has 0 aliphatic heterocycles. The van der Waals surface area contributed by atoms with Gasteiger partial charge in [-0.2, -0.15) is 0 Å². The van der Waals surface area contributed by atoms with Crippen LogP contribution in [0.25, 0.3) is 0 Å². The Morgan fingerprint density at radius 2 is 1.91 bits per heavy atom. The second kappa shape index (κ2) is 8.08. The average molecular weight is 393 g/mol. The van der Waals surface area contributed by atoms with Crippen LogP contribution in [-0.2, 0) is 0 Å². The number of nitrogens with one attached hydrogen (secondary N) is 2. The Morgan fingerprint density at radius 1 is 1.22 bits per heavy atom. The first-order valence-corrected chi connectivity index (χ1v) is 8.31. The second-order valence-corrected chi connectivity index (χ2v) is 6.17. The highest BCUT2D eigenvalue weighted by Crippen LogP contribution is 2.23. The molecule has 0 saturated heterocycles. The maximum absolute atomic E-state index is 12.4. The van der Waals surface area contributed by atoms with Crippen molar-refractivity contribution in [3.63, 3.8) is 0 Å². The molecule has 0 fully saturated rings. The summed E-state index contributed by atoms with van der Waals surface area (Å²) >= 11 is 8.55. The number of carbonyl (C=O) groups excluding carboxylic acids is 1. The monoisotopic (exact) mass is 392 g/mol. The van der Waals surface area contributed by atoms with Crippen molar-refractivity contribution in [1.29, 1.82) is 0 Å². The first-order valence-electron chi connectivity index (χ1n) is 7.11. The van der Waals surface area contributed by atoms with Crippen LogP contribution < -0.4 is 15.4 Å². The Balaban J connectivity index is 2.07. The number of carbonyl (C=O) groups is 1. The molecule has 0 bridgehead atoms. The van der Waals surface area contributed by atoms with E-state index < -0.39 is 0 Å². The number of ether oxygens (including phenoxy) is 1. The summed E-state index contributed by atoms with van der Waals surface area (Å²) in [5.41, 5.74) is 2.40. The molecule has 2 N–H and O–H groups in total. The van der Waals surface area contributed by atoms with Gasteiger partial charge >= 0.3 is 0 Å². The summed E-state index contributed by atoms with van der Waals surface area (Å²) in [6, 6.07) is 13.0. The smallest absolute Gasteiger partial charge is 0.261 e. The van der Waals surface area contributed by atoms with E-state index in [-0.39, 0.29) is 11.0 Å². The summed E-state index contributed by atoms with van der Waals surface area (Å²) in [6.07, 6.45) is 0. The fourth-order valence-corrected chi connectivity index (χ4v) is 2.50. The highest BCUT2D eigenvalue weighted by Gasteiger charge is 2.14. The highest BCUT2D eigenvalue weighted by molar-refractivity contribution is 9.10. The third-order valence-corrected chi connectivity index (χ3v) is 3.72. The van der Waals surface area contributed by atoms with E-state index in [1.807, 2.05) is 44.2 Å². The van der Waals surface area contributed by atoms with Gasteiger partial charge in [-0.3, -0.25) is 10.1 Å². The lowest BCUT2D eigenvalue weighted by atomic mass is 10.2. The molecule has 0 unspecified atom stereocenters. The largest absolute Gasteiger partial charge is 0.493 e. The summed E-state index contributed by atoms with van der Waals surface area (Å²) in [4.78, 5) is 12.4. The number of anilines is 1. The Kier molecular flexibility index (Phi) is 6.12. The molecule has 2 aromatic carbocycles. The molecule has 0 aliphatic carbocycles. The molecule has 0 saturated carbocycles. The van der Waals surface area contributed by atoms with Gasteiger partial charge in [-0.25, -0.2) is 0 Å². The predicted octanol–water partition coefficient (Wildman–Crippen LogP) is 4.28. The molecule has 0 heterocycles. The average Bonchev–Trinajstić information content (AvgIpc) is 2.51. The van der Waals surface area contributed by atoms with Crippen molar-refractivity contribution >= 4 is 44.9 Å². The summed E-state index contributed by atoms with van der Waals surface area (Å²) in [7, 11) is 0. The van der Waals surface area contributed by atoms with E-state index in [0.29, 0.717) is 17.9 Å². The van der Waals surface area contributed by atoms with Gasteiger partial charge in [-0.15, -0.1) is 0 Å². The van der Waals surface area contributed by atoms with Gasteiger partial charge in [0.1, 0.15) is 5.75 Å². The summed E-state index contributed by atoms with van der Waals surface area (Å²) < 4.78 is 6.28. The van der Waals surface area contributed by atoms with E-state index in [9.17, 15) is 4.79 Å². The van der Waals surface area contributed by atoms with E-state index in [0.717, 1.165) is 15.7 Å². The van der Waals surface area contributed by atoms with Crippen LogP contribution in [0.1, 0.15) is 22.8 Å². The molecule has 23 heavy (non-hydrogen) atoms. The van der Waals surface area contributed by atoms with E-state index in [1.54, 1.807) is 12.1 Å². The number of halogens is 1. The topological polar surface area (TPSA) is 50.4 Å². The maximum Gasteiger partial charge on any atom is 0.261 e. The van der Waals surface area contributed by atoms with E-state index in [4.69, 9.17) is 17.0 Å². The van der Waals surface area contributed by atoms with Crippen LogP contribution in [-0.4, -0.2) is 17.6 Å². The van der Waals surface area contributed by atoms with Gasteiger partial charge in [0.15, 0.2) is 5.11 Å². The highest BCUT2D eigenvalue weighted by atomic mass is 79.9. The van der Waals surface area contributed by atoms with Gasteiger partial charge in [0.05, 0.1) is 12.2 Å². The van der Waals surface area contributed by atoms with Gasteiger partial charge in [0, 0.05) is 10.2 Å². The van der Waals surface area contributed by atoms with Crippen LogP contribution >= 0.6 is 28.1 Å². The minimum absolute atomic E-state index is 0.237. The quantitative estimate of drug-likeness (QED) is 0.762. The molecule has 0 spiro atoms. The number of hydrogen-bond donors (Lipinski definition) is 2. The van der Waals surface area contributed by atoms with E-state index >= 15 is 0 Å². The van der Waals surface area contributed by atoms with Crippen LogP contribution in [0.2, 0.25) is 0 Å². The minimum atomic E-state index is -0.320. The van der Waals surface area contributed by atoms with Gasteiger partial charge in [0.25, 0.3) is 5.91 Å². The number of aryl methyl sites for hydroxylation is 1. The van der Waals surface area contributed by atoms with Gasteiger partial charge < -0.3 is 10.1 Å². The van der Waals surface area contributed by atoms with Crippen LogP contribution in [0.4, 0.5) is 5.69 Å². The molecular weight excluding hydrogens is 376 g/mol. The van der Waals surface area contributed by atoms with Gasteiger partial charge in [0.2, 0.25) is 0 Å². The van der Waals surface area contributed by atoms with Crippen molar-refractivity contribution in [3.8, 4) is 5.75 Å². The molecule has 0 aromatic heterocycles. The molecule has 4 nitrogen and oxygen atoms in total. The van der Waals surface area contributed by atoms with Crippen LogP contribution in [0, 0.1) is 6.92 Å². The Bertz CT molecular complexity index is 717. The predicted molar refractivity (Wildman–Crippen MR) is 100 cm³/mol. The zero-order valence-corrected chi connectivity index (χ0v) is 15.3. The first-order chi connectivity index (χ1) is 11.0. The minimum Gasteiger partial charge on any atom is -0.493 e. The lowest BCUT2D eigenvalue weighted by Crippen LogP contribution is -2.34. The second-order valence-electron chi connectivity index (χ2n) is 4.85. The third-order valence-electron chi connectivity index (χ3n) is 3.02. The Hall–Kier alpha value is -1.92. The molecule has 2 aromatic rings. The fourth-order valence-electron chi connectivity index (χ4n) is 1.93. The zero-order valence-electron chi connectivity index (χ0n) is 12.9. The molecule has 0 radical (unpaired) electrons. The number of benzene rings is 2. The van der Waals surface area contributed by atoms with E-state index in [1.165, 1.54) is 0 Å². The molecule has 2 rings (SSSR count). The van der Waals surface area contributed by atoms with Gasteiger partial charge in [-0.05, 0) is 56.4 Å². The molecule has 0 atom stereocenters. The molecule has 120 valence electrons.